The summed E-state index contributed by atoms with van der Waals surface area (Å²) in [6, 6.07) is 14.8. The summed E-state index contributed by atoms with van der Waals surface area (Å²) in [6.45, 7) is 1.95. The van der Waals surface area contributed by atoms with Gasteiger partial charge in [0.15, 0.2) is 10.3 Å². The Hall–Kier alpha value is -3.30. The number of para-hydroxylation sites is 1. The minimum atomic E-state index is -0.379. The molecule has 0 radical (unpaired) electrons. The standard InChI is InChI=1S/C20H17N5O2S2/c1-12-5-4-6-13(9-12)21-18(27)25-19-22-14(11-28-19)10-17(26)24-20-23-15-7-2-3-8-16(15)29-20/h2-9,11H,10H2,1H3,(H,23,24,26)(H2,21,22,25,27). The average Bonchev–Trinajstić information content (AvgIpc) is 3.27. The molecule has 0 aliphatic heterocycles. The summed E-state index contributed by atoms with van der Waals surface area (Å²) in [5, 5.41) is 11.0. The molecule has 0 bridgehead atoms. The second-order valence-electron chi connectivity index (χ2n) is 6.30. The summed E-state index contributed by atoms with van der Waals surface area (Å²) < 4.78 is 1.02. The van der Waals surface area contributed by atoms with E-state index < -0.39 is 0 Å². The molecule has 146 valence electrons. The van der Waals surface area contributed by atoms with Gasteiger partial charge in [0.25, 0.3) is 0 Å². The molecule has 4 aromatic rings. The van der Waals surface area contributed by atoms with Crippen LogP contribution in [-0.4, -0.2) is 21.9 Å². The molecule has 9 heteroatoms. The van der Waals surface area contributed by atoms with Gasteiger partial charge in [-0.15, -0.1) is 11.3 Å². The summed E-state index contributed by atoms with van der Waals surface area (Å²) >= 11 is 2.69. The first-order chi connectivity index (χ1) is 14.0. The molecule has 7 nitrogen and oxygen atoms in total. The minimum absolute atomic E-state index is 0.105. The number of anilines is 3. The van der Waals surface area contributed by atoms with E-state index in [0.717, 1.165) is 15.8 Å². The first kappa shape index (κ1) is 19.0. The lowest BCUT2D eigenvalue weighted by Crippen LogP contribution is -2.19. The molecule has 2 aromatic heterocycles. The zero-order valence-electron chi connectivity index (χ0n) is 15.4. The zero-order valence-corrected chi connectivity index (χ0v) is 17.1. The van der Waals surface area contributed by atoms with Crippen molar-refractivity contribution in [2.75, 3.05) is 16.0 Å². The number of urea groups is 1. The van der Waals surface area contributed by atoms with Crippen LogP contribution in [0.3, 0.4) is 0 Å². The molecule has 0 atom stereocenters. The molecule has 0 aliphatic rings. The molecule has 0 saturated carbocycles. The third-order valence-corrected chi connectivity index (χ3v) is 5.69. The normalized spacial score (nSPS) is 10.7. The van der Waals surface area contributed by atoms with Gasteiger partial charge >= 0.3 is 6.03 Å². The third kappa shape index (κ3) is 4.95. The first-order valence-electron chi connectivity index (χ1n) is 8.80. The van der Waals surface area contributed by atoms with E-state index in [1.807, 2.05) is 55.5 Å². The summed E-state index contributed by atoms with van der Waals surface area (Å²) in [5.74, 6) is -0.204. The Bertz CT molecular complexity index is 1150. The van der Waals surface area contributed by atoms with Crippen molar-refractivity contribution in [1.82, 2.24) is 9.97 Å². The number of nitrogens with zero attached hydrogens (tertiary/aromatic N) is 2. The van der Waals surface area contributed by atoms with Crippen molar-refractivity contribution in [3.63, 3.8) is 0 Å². The van der Waals surface area contributed by atoms with Crippen molar-refractivity contribution >= 4 is 60.8 Å². The summed E-state index contributed by atoms with van der Waals surface area (Å²) in [7, 11) is 0. The fraction of sp³-hybridized carbons (Fsp3) is 0.100. The van der Waals surface area contributed by atoms with Gasteiger partial charge in [0.1, 0.15) is 0 Å². The maximum Gasteiger partial charge on any atom is 0.325 e. The zero-order chi connectivity index (χ0) is 20.2. The average molecular weight is 424 g/mol. The number of carbonyl (C=O) groups is 2. The molecule has 0 aliphatic carbocycles. The topological polar surface area (TPSA) is 96.0 Å². The summed E-state index contributed by atoms with van der Waals surface area (Å²) in [5.41, 5.74) is 3.19. The second-order valence-corrected chi connectivity index (χ2v) is 8.19. The van der Waals surface area contributed by atoms with Crippen molar-refractivity contribution in [2.45, 2.75) is 13.3 Å². The van der Waals surface area contributed by atoms with Crippen LogP contribution in [0.15, 0.2) is 53.9 Å². The predicted molar refractivity (Wildman–Crippen MR) is 118 cm³/mol. The quantitative estimate of drug-likeness (QED) is 0.426. The van der Waals surface area contributed by atoms with Gasteiger partial charge in [-0.25, -0.2) is 14.8 Å². The number of benzene rings is 2. The molecule has 0 saturated heterocycles. The highest BCUT2D eigenvalue weighted by Gasteiger charge is 2.12. The molecule has 0 fully saturated rings. The lowest BCUT2D eigenvalue weighted by molar-refractivity contribution is -0.115. The number of nitrogens with one attached hydrogen (secondary N) is 3. The Balaban J connectivity index is 1.32. The molecule has 0 unspecified atom stereocenters. The third-order valence-electron chi connectivity index (χ3n) is 3.93. The molecule has 3 N–H and O–H groups in total. The number of hydrogen-bond donors (Lipinski definition) is 3. The highest BCUT2D eigenvalue weighted by atomic mass is 32.1. The predicted octanol–water partition coefficient (Wildman–Crippen LogP) is 4.89. The fourth-order valence-corrected chi connectivity index (χ4v) is 4.27. The van der Waals surface area contributed by atoms with Crippen LogP contribution >= 0.6 is 22.7 Å². The molecule has 29 heavy (non-hydrogen) atoms. The molecular weight excluding hydrogens is 406 g/mol. The van der Waals surface area contributed by atoms with Gasteiger partial charge in [-0.3, -0.25) is 10.1 Å². The second kappa shape index (κ2) is 8.38. The first-order valence-corrected chi connectivity index (χ1v) is 10.5. The van der Waals surface area contributed by atoms with Gasteiger partial charge in [0, 0.05) is 11.1 Å². The van der Waals surface area contributed by atoms with Crippen LogP contribution < -0.4 is 16.0 Å². The number of rotatable bonds is 5. The SMILES string of the molecule is Cc1cccc(NC(=O)Nc2nc(CC(=O)Nc3nc4ccccc4s3)cs2)c1. The molecule has 0 spiro atoms. The highest BCUT2D eigenvalue weighted by Crippen LogP contribution is 2.25. The van der Waals surface area contributed by atoms with Crippen LogP contribution in [0.2, 0.25) is 0 Å². The van der Waals surface area contributed by atoms with Crippen LogP contribution in [0.5, 0.6) is 0 Å². The molecule has 2 aromatic carbocycles. The number of thiazole rings is 2. The number of fused-ring (bicyclic) bond motifs is 1. The van der Waals surface area contributed by atoms with E-state index in [1.54, 1.807) is 5.38 Å². The number of aromatic nitrogens is 2. The van der Waals surface area contributed by atoms with Gasteiger partial charge in [-0.05, 0) is 36.8 Å². The Labute approximate surface area is 174 Å². The van der Waals surface area contributed by atoms with Crippen molar-refractivity contribution in [1.29, 1.82) is 0 Å². The van der Waals surface area contributed by atoms with Crippen molar-refractivity contribution < 1.29 is 9.59 Å². The Morgan fingerprint density at radius 1 is 0.966 bits per heavy atom. The molecular formula is C20H17N5O2S2. The number of hydrogen-bond acceptors (Lipinski definition) is 6. The van der Waals surface area contributed by atoms with Crippen LogP contribution in [0, 0.1) is 6.92 Å². The summed E-state index contributed by atoms with van der Waals surface area (Å²) in [6.07, 6.45) is 0.105. The lowest BCUT2D eigenvalue weighted by atomic mass is 10.2. The maximum absolute atomic E-state index is 12.3. The van der Waals surface area contributed by atoms with Gasteiger partial charge in [0.2, 0.25) is 5.91 Å². The maximum atomic E-state index is 12.3. The number of amides is 3. The lowest BCUT2D eigenvalue weighted by Gasteiger charge is -2.05. The minimum Gasteiger partial charge on any atom is -0.308 e. The molecule has 2 heterocycles. The Morgan fingerprint density at radius 2 is 1.83 bits per heavy atom. The smallest absolute Gasteiger partial charge is 0.308 e. The highest BCUT2D eigenvalue weighted by molar-refractivity contribution is 7.22. The Morgan fingerprint density at radius 3 is 2.66 bits per heavy atom. The van der Waals surface area contributed by atoms with Gasteiger partial charge in [-0.1, -0.05) is 35.6 Å². The Kier molecular flexibility index (Phi) is 5.50. The number of aryl methyl sites for hydroxylation is 1. The van der Waals surface area contributed by atoms with E-state index in [9.17, 15) is 9.59 Å². The number of carbonyl (C=O) groups excluding carboxylic acids is 2. The van der Waals surface area contributed by atoms with E-state index >= 15 is 0 Å². The van der Waals surface area contributed by atoms with Crippen LogP contribution in [-0.2, 0) is 11.2 Å². The van der Waals surface area contributed by atoms with E-state index in [-0.39, 0.29) is 18.4 Å². The van der Waals surface area contributed by atoms with Gasteiger partial charge in [0.05, 0.1) is 22.3 Å². The van der Waals surface area contributed by atoms with Crippen LogP contribution in [0.4, 0.5) is 20.7 Å². The van der Waals surface area contributed by atoms with Gasteiger partial charge in [-0.2, -0.15) is 0 Å². The van der Waals surface area contributed by atoms with Crippen molar-refractivity contribution in [2.24, 2.45) is 0 Å². The van der Waals surface area contributed by atoms with E-state index in [0.29, 0.717) is 21.6 Å². The van der Waals surface area contributed by atoms with Gasteiger partial charge < -0.3 is 10.6 Å². The van der Waals surface area contributed by atoms with Crippen LogP contribution in [0.25, 0.3) is 10.2 Å². The molecule has 3 amide bonds. The molecule has 4 rings (SSSR count). The monoisotopic (exact) mass is 423 g/mol. The van der Waals surface area contributed by atoms with E-state index in [1.165, 1.54) is 22.7 Å². The summed E-state index contributed by atoms with van der Waals surface area (Å²) in [4.78, 5) is 33.1. The fourth-order valence-electron chi connectivity index (χ4n) is 2.68. The van der Waals surface area contributed by atoms with Crippen LogP contribution in [0.1, 0.15) is 11.3 Å². The van der Waals surface area contributed by atoms with Crippen molar-refractivity contribution in [3.05, 3.63) is 65.2 Å². The largest absolute Gasteiger partial charge is 0.325 e. The van der Waals surface area contributed by atoms with E-state index in [2.05, 4.69) is 25.9 Å². The van der Waals surface area contributed by atoms with E-state index in [4.69, 9.17) is 0 Å². The van der Waals surface area contributed by atoms with Crippen molar-refractivity contribution in [3.8, 4) is 0 Å².